The van der Waals surface area contributed by atoms with Gasteiger partial charge in [0.25, 0.3) is 0 Å². The van der Waals surface area contributed by atoms with Crippen molar-refractivity contribution >= 4 is 12.0 Å². The second kappa shape index (κ2) is 7.17. The minimum atomic E-state index is -0.548. The third-order valence-corrected chi connectivity index (χ3v) is 4.24. The van der Waals surface area contributed by atoms with Crippen molar-refractivity contribution < 1.29 is 14.3 Å². The Morgan fingerprint density at radius 1 is 1.08 bits per heavy atom. The van der Waals surface area contributed by atoms with Crippen LogP contribution < -0.4 is 5.32 Å². The van der Waals surface area contributed by atoms with Crippen LogP contribution in [0.3, 0.4) is 0 Å². The summed E-state index contributed by atoms with van der Waals surface area (Å²) in [5, 5.41) is 2.64. The molecule has 0 bridgehead atoms. The van der Waals surface area contributed by atoms with Gasteiger partial charge in [-0.3, -0.25) is 9.69 Å². The number of amides is 2. The number of likely N-dealkylation sites (N-methyl/N-ethyl adjacent to an activating group) is 1. The molecule has 2 aromatic carbocycles. The molecule has 24 heavy (non-hydrogen) atoms. The molecule has 0 saturated carbocycles. The van der Waals surface area contributed by atoms with E-state index in [0.29, 0.717) is 13.0 Å². The summed E-state index contributed by atoms with van der Waals surface area (Å²) in [5.41, 5.74) is 3.06. The first-order valence-corrected chi connectivity index (χ1v) is 7.94. The quantitative estimate of drug-likeness (QED) is 0.944. The van der Waals surface area contributed by atoms with Crippen LogP contribution in [0.4, 0.5) is 4.79 Å². The summed E-state index contributed by atoms with van der Waals surface area (Å²) >= 11 is 0. The van der Waals surface area contributed by atoms with Gasteiger partial charge in [-0.2, -0.15) is 0 Å². The van der Waals surface area contributed by atoms with Gasteiger partial charge in [-0.05, 0) is 16.7 Å². The first kappa shape index (κ1) is 16.1. The summed E-state index contributed by atoms with van der Waals surface area (Å²) in [6, 6.07) is 16.8. The first-order valence-electron chi connectivity index (χ1n) is 7.94. The van der Waals surface area contributed by atoms with Gasteiger partial charge in [0.2, 0.25) is 5.91 Å². The molecule has 0 spiro atoms. The summed E-state index contributed by atoms with van der Waals surface area (Å²) in [6.45, 7) is 0.570. The van der Waals surface area contributed by atoms with E-state index in [-0.39, 0.29) is 12.5 Å². The van der Waals surface area contributed by atoms with Crippen molar-refractivity contribution in [2.24, 2.45) is 0 Å². The van der Waals surface area contributed by atoms with E-state index >= 15 is 0 Å². The van der Waals surface area contributed by atoms with Crippen LogP contribution in [0.1, 0.15) is 16.7 Å². The maximum absolute atomic E-state index is 12.5. The normalized spacial score (nSPS) is 16.2. The van der Waals surface area contributed by atoms with Crippen LogP contribution in [0.5, 0.6) is 0 Å². The van der Waals surface area contributed by atoms with E-state index in [9.17, 15) is 9.59 Å². The second-order valence-electron chi connectivity index (χ2n) is 5.77. The standard InChI is InChI=1S/C19H20N2O3/c1-20-18(22)17-11-15-9-5-6-10-16(15)12-21(17)19(23)24-13-14-7-3-2-4-8-14/h2-10,17H,11-13H2,1H3,(H,20,22)/t17-/m0/s1. The number of hydrogen-bond donors (Lipinski definition) is 1. The van der Waals surface area contributed by atoms with Crippen molar-refractivity contribution in [1.82, 2.24) is 10.2 Å². The molecular weight excluding hydrogens is 304 g/mol. The number of rotatable bonds is 3. The highest BCUT2D eigenvalue weighted by Crippen LogP contribution is 2.24. The lowest BCUT2D eigenvalue weighted by Gasteiger charge is -2.34. The second-order valence-corrected chi connectivity index (χ2v) is 5.77. The molecule has 0 fully saturated rings. The van der Waals surface area contributed by atoms with E-state index in [4.69, 9.17) is 4.74 Å². The van der Waals surface area contributed by atoms with Crippen molar-refractivity contribution in [2.75, 3.05) is 7.05 Å². The molecule has 0 aliphatic carbocycles. The first-order chi connectivity index (χ1) is 11.7. The Morgan fingerprint density at radius 2 is 1.75 bits per heavy atom. The summed E-state index contributed by atoms with van der Waals surface area (Å²) in [6.07, 6.45) is 0.0259. The predicted molar refractivity (Wildman–Crippen MR) is 90.2 cm³/mol. The Balaban J connectivity index is 1.75. The van der Waals surface area contributed by atoms with Gasteiger partial charge >= 0.3 is 6.09 Å². The SMILES string of the molecule is CNC(=O)[C@@H]1Cc2ccccc2CN1C(=O)OCc1ccccc1. The number of carbonyl (C=O) groups is 2. The van der Waals surface area contributed by atoms with Gasteiger partial charge in [0.1, 0.15) is 12.6 Å². The number of hydrogen-bond acceptors (Lipinski definition) is 3. The highest BCUT2D eigenvalue weighted by Gasteiger charge is 2.34. The lowest BCUT2D eigenvalue weighted by molar-refractivity contribution is -0.126. The molecule has 0 saturated heterocycles. The molecule has 124 valence electrons. The molecule has 3 rings (SSSR count). The molecule has 2 aromatic rings. The fraction of sp³-hybridized carbons (Fsp3) is 0.263. The predicted octanol–water partition coefficient (Wildman–Crippen LogP) is 2.50. The minimum Gasteiger partial charge on any atom is -0.445 e. The van der Waals surface area contributed by atoms with E-state index in [1.165, 1.54) is 4.90 Å². The highest BCUT2D eigenvalue weighted by atomic mass is 16.6. The molecule has 1 aliphatic rings. The molecule has 0 aromatic heterocycles. The molecule has 5 nitrogen and oxygen atoms in total. The smallest absolute Gasteiger partial charge is 0.411 e. The molecule has 1 N–H and O–H groups in total. The van der Waals surface area contributed by atoms with Crippen molar-refractivity contribution in [3.8, 4) is 0 Å². The molecule has 2 amide bonds. The average molecular weight is 324 g/mol. The van der Waals surface area contributed by atoms with Gasteiger partial charge in [-0.15, -0.1) is 0 Å². The van der Waals surface area contributed by atoms with E-state index in [1.54, 1.807) is 7.05 Å². The zero-order valence-electron chi connectivity index (χ0n) is 13.6. The molecular formula is C19H20N2O3. The fourth-order valence-corrected chi connectivity index (χ4v) is 2.92. The summed E-state index contributed by atoms with van der Waals surface area (Å²) in [7, 11) is 1.58. The molecule has 0 unspecified atom stereocenters. The highest BCUT2D eigenvalue weighted by molar-refractivity contribution is 5.86. The number of carbonyl (C=O) groups excluding carboxylic acids is 2. The molecule has 1 atom stereocenters. The lowest BCUT2D eigenvalue weighted by atomic mass is 9.94. The third kappa shape index (κ3) is 3.40. The average Bonchev–Trinajstić information content (AvgIpc) is 2.65. The summed E-state index contributed by atoms with van der Waals surface area (Å²) in [5.74, 6) is -0.179. The zero-order chi connectivity index (χ0) is 16.9. The summed E-state index contributed by atoms with van der Waals surface area (Å²) in [4.78, 5) is 26.2. The van der Waals surface area contributed by atoms with Gasteiger partial charge in [0.05, 0.1) is 6.54 Å². The Kier molecular flexibility index (Phi) is 4.79. The fourth-order valence-electron chi connectivity index (χ4n) is 2.92. The minimum absolute atomic E-state index is 0.179. The van der Waals surface area contributed by atoms with Crippen molar-refractivity contribution in [3.05, 3.63) is 71.3 Å². The van der Waals surface area contributed by atoms with Crippen molar-refractivity contribution in [3.63, 3.8) is 0 Å². The van der Waals surface area contributed by atoms with E-state index in [1.807, 2.05) is 54.6 Å². The molecule has 1 heterocycles. The zero-order valence-corrected chi connectivity index (χ0v) is 13.6. The topological polar surface area (TPSA) is 58.6 Å². The largest absolute Gasteiger partial charge is 0.445 e. The van der Waals surface area contributed by atoms with Crippen LogP contribution in [0, 0.1) is 0 Å². The van der Waals surface area contributed by atoms with E-state index in [2.05, 4.69) is 5.32 Å². The maximum atomic E-state index is 12.5. The summed E-state index contributed by atoms with van der Waals surface area (Å²) < 4.78 is 5.41. The van der Waals surface area contributed by atoms with Crippen molar-refractivity contribution in [2.45, 2.75) is 25.6 Å². The number of nitrogens with zero attached hydrogens (tertiary/aromatic N) is 1. The number of fused-ring (bicyclic) bond motifs is 1. The Labute approximate surface area is 141 Å². The van der Waals surface area contributed by atoms with E-state index < -0.39 is 12.1 Å². The van der Waals surface area contributed by atoms with Crippen LogP contribution >= 0.6 is 0 Å². The maximum Gasteiger partial charge on any atom is 0.411 e. The van der Waals surface area contributed by atoms with Crippen LogP contribution in [0.25, 0.3) is 0 Å². The lowest BCUT2D eigenvalue weighted by Crippen LogP contribution is -2.52. The number of ether oxygens (including phenoxy) is 1. The van der Waals surface area contributed by atoms with Gasteiger partial charge in [0.15, 0.2) is 0 Å². The third-order valence-electron chi connectivity index (χ3n) is 4.24. The van der Waals surface area contributed by atoms with Crippen molar-refractivity contribution in [1.29, 1.82) is 0 Å². The van der Waals surface area contributed by atoms with E-state index in [0.717, 1.165) is 16.7 Å². The number of benzene rings is 2. The molecule has 1 aliphatic heterocycles. The monoisotopic (exact) mass is 324 g/mol. The van der Waals surface area contributed by atoms with Gasteiger partial charge < -0.3 is 10.1 Å². The number of nitrogens with one attached hydrogen (secondary N) is 1. The van der Waals surface area contributed by atoms with Gasteiger partial charge in [-0.1, -0.05) is 54.6 Å². The molecule has 5 heteroatoms. The Bertz CT molecular complexity index is 730. The van der Waals surface area contributed by atoms with Gasteiger partial charge in [0, 0.05) is 13.5 Å². The van der Waals surface area contributed by atoms with Gasteiger partial charge in [-0.25, -0.2) is 4.79 Å². The Hall–Kier alpha value is -2.82. The van der Waals surface area contributed by atoms with Crippen LogP contribution in [-0.4, -0.2) is 30.0 Å². The van der Waals surface area contributed by atoms with Crippen LogP contribution in [-0.2, 0) is 29.1 Å². The van der Waals surface area contributed by atoms with Crippen LogP contribution in [0.15, 0.2) is 54.6 Å². The molecule has 0 radical (unpaired) electrons. The van der Waals surface area contributed by atoms with Crippen LogP contribution in [0.2, 0.25) is 0 Å². The Morgan fingerprint density at radius 3 is 2.46 bits per heavy atom.